The van der Waals surface area contributed by atoms with Crippen molar-refractivity contribution < 1.29 is 27.4 Å². The predicted molar refractivity (Wildman–Crippen MR) is 119 cm³/mol. The van der Waals surface area contributed by atoms with Crippen molar-refractivity contribution >= 4 is 21.6 Å². The lowest BCUT2D eigenvalue weighted by atomic mass is 10.1. The molecule has 0 saturated heterocycles. The Morgan fingerprint density at radius 2 is 1.74 bits per heavy atom. The number of carbonyl (C=O) groups excluding carboxylic acids is 1. The van der Waals surface area contributed by atoms with Crippen LogP contribution in [0.1, 0.15) is 18.1 Å². The number of rotatable bonds is 9. The van der Waals surface area contributed by atoms with Gasteiger partial charge in [-0.3, -0.25) is 9.10 Å². The minimum atomic E-state index is -3.67. The first-order valence-corrected chi connectivity index (χ1v) is 11.8. The summed E-state index contributed by atoms with van der Waals surface area (Å²) in [4.78, 5) is 12.5. The first kappa shape index (κ1) is 22.7. The third kappa shape index (κ3) is 6.04. The molecule has 1 heterocycles. The van der Waals surface area contributed by atoms with Crippen molar-refractivity contribution in [3.05, 3.63) is 47.5 Å². The standard InChI is InChI=1S/C22H28N2O6S/c1-4-31(26,27)24(18-5-6-20-21(14-18)30-10-9-29-20)15-22(25)23-7-8-28-19-12-16(2)11-17(3)13-19/h5-6,11-14H,4,7-10,15H2,1-3H3,(H,23,25). The Balaban J connectivity index is 1.61. The molecule has 9 heteroatoms. The fraction of sp³-hybridized carbons (Fsp3) is 0.409. The summed E-state index contributed by atoms with van der Waals surface area (Å²) < 4.78 is 43.1. The molecule has 0 aliphatic carbocycles. The Morgan fingerprint density at radius 3 is 2.42 bits per heavy atom. The molecule has 0 aromatic heterocycles. The molecule has 0 fully saturated rings. The van der Waals surface area contributed by atoms with E-state index in [-0.39, 0.29) is 25.4 Å². The van der Waals surface area contributed by atoms with Crippen molar-refractivity contribution in [3.8, 4) is 17.2 Å². The van der Waals surface area contributed by atoms with E-state index >= 15 is 0 Å². The van der Waals surface area contributed by atoms with Crippen molar-refractivity contribution in [3.63, 3.8) is 0 Å². The lowest BCUT2D eigenvalue weighted by Gasteiger charge is -2.25. The average molecular weight is 449 g/mol. The molecule has 0 saturated carbocycles. The minimum Gasteiger partial charge on any atom is -0.492 e. The molecule has 2 aromatic carbocycles. The monoisotopic (exact) mass is 448 g/mol. The molecule has 1 amide bonds. The number of amides is 1. The van der Waals surface area contributed by atoms with E-state index in [1.165, 1.54) is 6.92 Å². The first-order valence-electron chi connectivity index (χ1n) is 10.2. The van der Waals surface area contributed by atoms with Crippen LogP contribution in [0.15, 0.2) is 36.4 Å². The number of carbonyl (C=O) groups is 1. The zero-order valence-corrected chi connectivity index (χ0v) is 18.8. The number of anilines is 1. The van der Waals surface area contributed by atoms with Gasteiger partial charge in [0.2, 0.25) is 15.9 Å². The quantitative estimate of drug-likeness (QED) is 0.592. The molecule has 0 unspecified atom stereocenters. The summed E-state index contributed by atoms with van der Waals surface area (Å²) in [6.45, 7) is 6.54. The van der Waals surface area contributed by atoms with Crippen LogP contribution in [0.25, 0.3) is 0 Å². The van der Waals surface area contributed by atoms with E-state index in [0.29, 0.717) is 30.4 Å². The Labute approximate surface area is 183 Å². The zero-order valence-electron chi connectivity index (χ0n) is 18.0. The Hall–Kier alpha value is -2.94. The van der Waals surface area contributed by atoms with E-state index in [0.717, 1.165) is 21.2 Å². The second kappa shape index (κ2) is 9.91. The van der Waals surface area contributed by atoms with Crippen LogP contribution in [0.5, 0.6) is 17.2 Å². The van der Waals surface area contributed by atoms with Crippen LogP contribution >= 0.6 is 0 Å². The lowest BCUT2D eigenvalue weighted by molar-refractivity contribution is -0.119. The second-order valence-electron chi connectivity index (χ2n) is 7.26. The molecule has 0 radical (unpaired) electrons. The largest absolute Gasteiger partial charge is 0.492 e. The van der Waals surface area contributed by atoms with Gasteiger partial charge >= 0.3 is 0 Å². The maximum Gasteiger partial charge on any atom is 0.240 e. The van der Waals surface area contributed by atoms with E-state index in [1.54, 1.807) is 18.2 Å². The number of hydrogen-bond acceptors (Lipinski definition) is 6. The molecule has 1 aliphatic heterocycles. The van der Waals surface area contributed by atoms with Crippen LogP contribution in [0, 0.1) is 13.8 Å². The fourth-order valence-corrected chi connectivity index (χ4v) is 4.32. The third-order valence-corrected chi connectivity index (χ3v) is 6.43. The SMILES string of the molecule is CCS(=O)(=O)N(CC(=O)NCCOc1cc(C)cc(C)c1)c1ccc2c(c1)OCCO2. The molecule has 168 valence electrons. The number of fused-ring (bicyclic) bond motifs is 1. The van der Waals surface area contributed by atoms with Gasteiger partial charge in [0.25, 0.3) is 0 Å². The highest BCUT2D eigenvalue weighted by Crippen LogP contribution is 2.34. The maximum atomic E-state index is 12.6. The normalized spacial score (nSPS) is 12.9. The molecule has 31 heavy (non-hydrogen) atoms. The van der Waals surface area contributed by atoms with Gasteiger partial charge in [-0.2, -0.15) is 0 Å². The molecule has 1 N–H and O–H groups in total. The van der Waals surface area contributed by atoms with E-state index in [4.69, 9.17) is 14.2 Å². The van der Waals surface area contributed by atoms with Gasteiger partial charge in [-0.25, -0.2) is 8.42 Å². The topological polar surface area (TPSA) is 94.2 Å². The number of hydrogen-bond donors (Lipinski definition) is 1. The molecular weight excluding hydrogens is 420 g/mol. The number of nitrogens with zero attached hydrogens (tertiary/aromatic N) is 1. The van der Waals surface area contributed by atoms with E-state index in [2.05, 4.69) is 11.4 Å². The summed E-state index contributed by atoms with van der Waals surface area (Å²) in [6, 6.07) is 10.7. The number of aryl methyl sites for hydroxylation is 2. The average Bonchev–Trinajstić information content (AvgIpc) is 2.74. The summed E-state index contributed by atoms with van der Waals surface area (Å²) in [5.41, 5.74) is 2.55. The summed E-state index contributed by atoms with van der Waals surface area (Å²) in [7, 11) is -3.67. The van der Waals surface area contributed by atoms with E-state index in [9.17, 15) is 13.2 Å². The molecule has 2 aromatic rings. The molecule has 0 atom stereocenters. The molecule has 0 spiro atoms. The number of ether oxygens (including phenoxy) is 3. The highest BCUT2D eigenvalue weighted by molar-refractivity contribution is 7.92. The van der Waals surface area contributed by atoms with Crippen LogP contribution in [0.4, 0.5) is 5.69 Å². The Bertz CT molecular complexity index is 1020. The summed E-state index contributed by atoms with van der Waals surface area (Å²) in [5.74, 6) is 1.19. The van der Waals surface area contributed by atoms with Crippen LogP contribution < -0.4 is 23.8 Å². The van der Waals surface area contributed by atoms with Crippen molar-refractivity contribution in [2.24, 2.45) is 0 Å². The molecular formula is C22H28N2O6S. The number of sulfonamides is 1. The Kier molecular flexibility index (Phi) is 7.27. The second-order valence-corrected chi connectivity index (χ2v) is 9.44. The van der Waals surface area contributed by atoms with Gasteiger partial charge in [0.05, 0.1) is 18.0 Å². The highest BCUT2D eigenvalue weighted by Gasteiger charge is 2.25. The van der Waals surface area contributed by atoms with Crippen molar-refractivity contribution in [2.75, 3.05) is 43.0 Å². The van der Waals surface area contributed by atoms with E-state index < -0.39 is 15.9 Å². The molecule has 3 rings (SSSR count). The van der Waals surface area contributed by atoms with Gasteiger partial charge in [0, 0.05) is 6.07 Å². The smallest absolute Gasteiger partial charge is 0.240 e. The number of nitrogens with one attached hydrogen (secondary N) is 1. The maximum absolute atomic E-state index is 12.6. The van der Waals surface area contributed by atoms with Gasteiger partial charge in [0.1, 0.15) is 32.1 Å². The van der Waals surface area contributed by atoms with Gasteiger partial charge in [-0.15, -0.1) is 0 Å². The number of benzene rings is 2. The predicted octanol–water partition coefficient (Wildman–Crippen LogP) is 2.43. The first-order chi connectivity index (χ1) is 14.8. The summed E-state index contributed by atoms with van der Waals surface area (Å²) >= 11 is 0. The highest BCUT2D eigenvalue weighted by atomic mass is 32.2. The van der Waals surface area contributed by atoms with E-state index in [1.807, 2.05) is 26.0 Å². The summed E-state index contributed by atoms with van der Waals surface area (Å²) in [6.07, 6.45) is 0. The van der Waals surface area contributed by atoms with Crippen LogP contribution in [0.2, 0.25) is 0 Å². The van der Waals surface area contributed by atoms with Gasteiger partial charge in [0.15, 0.2) is 11.5 Å². The van der Waals surface area contributed by atoms with Crippen LogP contribution in [0.3, 0.4) is 0 Å². The van der Waals surface area contributed by atoms with Crippen LogP contribution in [-0.2, 0) is 14.8 Å². The third-order valence-electron chi connectivity index (χ3n) is 4.69. The van der Waals surface area contributed by atoms with Gasteiger partial charge in [-0.1, -0.05) is 6.07 Å². The zero-order chi connectivity index (χ0) is 22.4. The van der Waals surface area contributed by atoms with Crippen molar-refractivity contribution in [1.82, 2.24) is 5.32 Å². The van der Waals surface area contributed by atoms with Gasteiger partial charge in [-0.05, 0) is 56.2 Å². The molecule has 0 bridgehead atoms. The van der Waals surface area contributed by atoms with Gasteiger partial charge < -0.3 is 19.5 Å². The fourth-order valence-electron chi connectivity index (χ4n) is 3.26. The minimum absolute atomic E-state index is 0.134. The summed E-state index contributed by atoms with van der Waals surface area (Å²) in [5, 5.41) is 2.71. The van der Waals surface area contributed by atoms with Crippen LogP contribution in [-0.4, -0.2) is 53.0 Å². The molecule has 8 nitrogen and oxygen atoms in total. The van der Waals surface area contributed by atoms with Crippen molar-refractivity contribution in [2.45, 2.75) is 20.8 Å². The van der Waals surface area contributed by atoms with Crippen molar-refractivity contribution in [1.29, 1.82) is 0 Å². The lowest BCUT2D eigenvalue weighted by Crippen LogP contribution is -2.42. The molecule has 1 aliphatic rings. The Morgan fingerprint density at radius 1 is 1.06 bits per heavy atom.